The smallest absolute Gasteiger partial charge is 0.273 e. The van der Waals surface area contributed by atoms with Crippen molar-refractivity contribution in [2.75, 3.05) is 10.7 Å². The first-order chi connectivity index (χ1) is 21.2. The van der Waals surface area contributed by atoms with E-state index in [0.29, 0.717) is 22.0 Å². The molecule has 0 radical (unpaired) electrons. The Morgan fingerprint density at radius 1 is 1.00 bits per heavy atom. The molecule has 234 valence electrons. The SMILES string of the molecule is CC(NNC(=O)N=C1SCC(=O)N1c1cc(Cl)ccc1C(F)(F)F)c1ccc(-c2ncn(-c3ccc(C(F)(F)F)cc3)n2)cc1. The maximum absolute atomic E-state index is 13.6. The van der Waals surface area contributed by atoms with Gasteiger partial charge < -0.3 is 0 Å². The summed E-state index contributed by atoms with van der Waals surface area (Å²) in [5.41, 5.74) is 4.42. The van der Waals surface area contributed by atoms with Crippen molar-refractivity contribution in [2.45, 2.75) is 25.3 Å². The number of thioether (sulfide) groups is 1. The molecule has 1 atom stereocenters. The van der Waals surface area contributed by atoms with Crippen molar-refractivity contribution in [1.29, 1.82) is 0 Å². The number of amides is 3. The Kier molecular flexibility index (Phi) is 8.91. The highest BCUT2D eigenvalue weighted by molar-refractivity contribution is 8.15. The summed E-state index contributed by atoms with van der Waals surface area (Å²) in [6.45, 7) is 1.72. The first-order valence-electron chi connectivity index (χ1n) is 12.9. The van der Waals surface area contributed by atoms with Gasteiger partial charge in [0, 0.05) is 16.6 Å². The molecule has 1 unspecified atom stereocenters. The van der Waals surface area contributed by atoms with Crippen molar-refractivity contribution >= 4 is 46.2 Å². The highest BCUT2D eigenvalue weighted by Crippen LogP contribution is 2.40. The molecule has 9 nitrogen and oxygen atoms in total. The zero-order valence-electron chi connectivity index (χ0n) is 22.8. The number of anilines is 1. The Balaban J connectivity index is 1.23. The topological polar surface area (TPSA) is 105 Å². The van der Waals surface area contributed by atoms with Crippen LogP contribution in [0.5, 0.6) is 0 Å². The maximum atomic E-state index is 13.6. The molecule has 0 bridgehead atoms. The molecule has 4 aromatic rings. The van der Waals surface area contributed by atoms with Crippen LogP contribution in [0.1, 0.15) is 29.7 Å². The molecule has 45 heavy (non-hydrogen) atoms. The number of rotatable bonds is 6. The van der Waals surface area contributed by atoms with E-state index in [2.05, 4.69) is 25.9 Å². The van der Waals surface area contributed by atoms with Gasteiger partial charge in [-0.1, -0.05) is 47.6 Å². The quantitative estimate of drug-likeness (QED) is 0.169. The van der Waals surface area contributed by atoms with Gasteiger partial charge in [-0.05, 0) is 55.0 Å². The summed E-state index contributed by atoms with van der Waals surface area (Å²) >= 11 is 6.70. The predicted molar refractivity (Wildman–Crippen MR) is 156 cm³/mol. The Labute approximate surface area is 260 Å². The summed E-state index contributed by atoms with van der Waals surface area (Å²) in [4.78, 5) is 33.8. The summed E-state index contributed by atoms with van der Waals surface area (Å²) in [5.74, 6) is -0.587. The van der Waals surface area contributed by atoms with Gasteiger partial charge in [0.1, 0.15) is 6.33 Å². The van der Waals surface area contributed by atoms with Crippen LogP contribution in [0.4, 0.5) is 36.8 Å². The van der Waals surface area contributed by atoms with E-state index in [1.165, 1.54) is 23.1 Å². The van der Waals surface area contributed by atoms with Crippen molar-refractivity contribution in [3.63, 3.8) is 0 Å². The molecule has 1 aromatic heterocycles. The van der Waals surface area contributed by atoms with Crippen LogP contribution in [0.25, 0.3) is 17.1 Å². The number of carbonyl (C=O) groups is 2. The van der Waals surface area contributed by atoms with Crippen molar-refractivity contribution in [3.05, 3.63) is 94.8 Å². The first kappa shape index (κ1) is 32.0. The largest absolute Gasteiger partial charge is 0.418 e. The number of aromatic nitrogens is 3. The van der Waals surface area contributed by atoms with Crippen molar-refractivity contribution in [3.8, 4) is 17.1 Å². The number of hydrazine groups is 1. The van der Waals surface area contributed by atoms with Crippen LogP contribution in [0.3, 0.4) is 0 Å². The molecule has 0 spiro atoms. The summed E-state index contributed by atoms with van der Waals surface area (Å²) in [5, 5.41) is 4.05. The molecule has 0 aliphatic carbocycles. The van der Waals surface area contributed by atoms with E-state index >= 15 is 0 Å². The Morgan fingerprint density at radius 3 is 2.33 bits per heavy atom. The number of amidine groups is 1. The summed E-state index contributed by atoms with van der Waals surface area (Å²) in [6.07, 6.45) is -7.86. The van der Waals surface area contributed by atoms with E-state index in [1.54, 1.807) is 31.2 Å². The minimum atomic E-state index is -4.78. The van der Waals surface area contributed by atoms with E-state index in [9.17, 15) is 35.9 Å². The minimum Gasteiger partial charge on any atom is -0.273 e. The van der Waals surface area contributed by atoms with E-state index in [4.69, 9.17) is 11.6 Å². The molecule has 1 aliphatic rings. The molecular formula is C28H20ClF6N7O2S. The van der Waals surface area contributed by atoms with E-state index in [-0.39, 0.29) is 15.9 Å². The third kappa shape index (κ3) is 7.29. The fourth-order valence-corrected chi connectivity index (χ4v) is 5.25. The number of alkyl halides is 6. The molecule has 2 heterocycles. The van der Waals surface area contributed by atoms with Gasteiger partial charge in [0.2, 0.25) is 5.91 Å². The lowest BCUT2D eigenvalue weighted by Crippen LogP contribution is -2.39. The second kappa shape index (κ2) is 12.5. The molecule has 0 saturated carbocycles. The lowest BCUT2D eigenvalue weighted by atomic mass is 10.1. The number of benzene rings is 3. The van der Waals surface area contributed by atoms with Crippen molar-refractivity contribution in [1.82, 2.24) is 25.6 Å². The van der Waals surface area contributed by atoms with Gasteiger partial charge in [0.25, 0.3) is 0 Å². The van der Waals surface area contributed by atoms with Crippen molar-refractivity contribution < 1.29 is 35.9 Å². The lowest BCUT2D eigenvalue weighted by Gasteiger charge is -2.21. The highest BCUT2D eigenvalue weighted by atomic mass is 35.5. The number of hydrogen-bond acceptors (Lipinski definition) is 6. The molecule has 1 aliphatic heterocycles. The molecule has 5 rings (SSSR count). The standard InChI is InChI=1S/C28H20ClF6N7O2S/c1-15(16-2-4-17(5-3-16)24-36-14-41(40-24)20-9-6-18(7-10-20)27(30,31)32)38-39-25(44)37-26-42(23(43)13-45-26)22-12-19(29)8-11-21(22)28(33,34)35/h2-12,14-15,38H,13H2,1H3,(H,39,44). The zero-order chi connectivity index (χ0) is 32.5. The number of hydrogen-bond donors (Lipinski definition) is 2. The first-order valence-corrected chi connectivity index (χ1v) is 14.2. The van der Waals surface area contributed by atoms with Crippen molar-refractivity contribution in [2.24, 2.45) is 4.99 Å². The van der Waals surface area contributed by atoms with Gasteiger partial charge in [0.15, 0.2) is 11.0 Å². The monoisotopic (exact) mass is 667 g/mol. The summed E-state index contributed by atoms with van der Waals surface area (Å²) < 4.78 is 80.7. The second-order valence-electron chi connectivity index (χ2n) is 9.55. The molecule has 2 N–H and O–H groups in total. The highest BCUT2D eigenvalue weighted by Gasteiger charge is 2.40. The number of aliphatic imine (C=N–C) groups is 1. The Hall–Kier alpha value is -4.41. The van der Waals surface area contributed by atoms with Gasteiger partial charge in [-0.3, -0.25) is 15.1 Å². The molecule has 3 amide bonds. The van der Waals surface area contributed by atoms with Crippen LogP contribution in [0.15, 0.2) is 78.0 Å². The second-order valence-corrected chi connectivity index (χ2v) is 10.9. The number of nitrogens with one attached hydrogen (secondary N) is 2. The third-order valence-corrected chi connectivity index (χ3v) is 7.64. The van der Waals surface area contributed by atoms with E-state index in [0.717, 1.165) is 47.7 Å². The predicted octanol–water partition coefficient (Wildman–Crippen LogP) is 7.04. The van der Waals surface area contributed by atoms with Gasteiger partial charge >= 0.3 is 18.4 Å². The average Bonchev–Trinajstić information content (AvgIpc) is 3.62. The zero-order valence-corrected chi connectivity index (χ0v) is 24.4. The van der Waals surface area contributed by atoms with E-state index in [1.807, 2.05) is 0 Å². The van der Waals surface area contributed by atoms with Gasteiger partial charge in [-0.2, -0.15) is 31.3 Å². The molecule has 17 heteroatoms. The van der Waals surface area contributed by atoms with Gasteiger partial charge in [-0.25, -0.2) is 19.9 Å². The molecule has 1 saturated heterocycles. The number of carbonyl (C=O) groups excluding carboxylic acids is 2. The average molecular weight is 668 g/mol. The van der Waals surface area contributed by atoms with E-state index < -0.39 is 47.1 Å². The Bertz CT molecular complexity index is 1760. The number of urea groups is 1. The fraction of sp³-hybridized carbons (Fsp3) is 0.179. The number of nitrogens with zero attached hydrogens (tertiary/aromatic N) is 5. The van der Waals surface area contributed by atoms with Crippen LogP contribution in [-0.2, 0) is 17.1 Å². The molecular weight excluding hydrogens is 648 g/mol. The minimum absolute atomic E-state index is 0.0312. The van der Waals surface area contributed by atoms with Crippen LogP contribution in [-0.4, -0.2) is 37.6 Å². The van der Waals surface area contributed by atoms with Crippen LogP contribution in [0.2, 0.25) is 5.02 Å². The van der Waals surface area contributed by atoms with Crippen LogP contribution >= 0.6 is 23.4 Å². The lowest BCUT2D eigenvalue weighted by molar-refractivity contribution is -0.138. The molecule has 3 aromatic carbocycles. The molecule has 1 fully saturated rings. The number of halogens is 7. The Morgan fingerprint density at radius 2 is 1.69 bits per heavy atom. The maximum Gasteiger partial charge on any atom is 0.418 e. The third-order valence-electron chi connectivity index (χ3n) is 6.48. The normalized spacial score (nSPS) is 15.5. The van der Waals surface area contributed by atoms with Crippen LogP contribution in [0, 0.1) is 0 Å². The fourth-order valence-electron chi connectivity index (χ4n) is 4.22. The summed E-state index contributed by atoms with van der Waals surface area (Å²) in [6, 6.07) is 12.7. The summed E-state index contributed by atoms with van der Waals surface area (Å²) in [7, 11) is 0. The van der Waals surface area contributed by atoms with Gasteiger partial charge in [-0.15, -0.1) is 5.10 Å². The van der Waals surface area contributed by atoms with Gasteiger partial charge in [0.05, 0.1) is 28.3 Å². The van der Waals surface area contributed by atoms with Crippen LogP contribution < -0.4 is 15.8 Å².